The molecule has 19 heteroatoms. The minimum atomic E-state index is -4.95. The molecular weight excluding hydrogens is 643 g/mol. The van der Waals surface area contributed by atoms with E-state index in [1.54, 1.807) is 44.2 Å². The van der Waals surface area contributed by atoms with Crippen LogP contribution in [0.1, 0.15) is 27.0 Å². The van der Waals surface area contributed by atoms with Crippen LogP contribution in [0.25, 0.3) is 21.9 Å². The highest BCUT2D eigenvalue weighted by Crippen LogP contribution is 2.54. The minimum Gasteiger partial charge on any atom is -0.462 e. The number of nitrogens with zero attached hydrogens (tertiary/aromatic N) is 3. The lowest BCUT2D eigenvalue weighted by molar-refractivity contribution is -0.191. The second-order valence-corrected chi connectivity index (χ2v) is 12.4. The summed E-state index contributed by atoms with van der Waals surface area (Å²) in [5.41, 5.74) is 0.0689. The Morgan fingerprint density at radius 3 is 2.61 bits per heavy atom. The average Bonchev–Trinajstić information content (AvgIpc) is 3.48. The van der Waals surface area contributed by atoms with Crippen LogP contribution in [0.5, 0.6) is 5.75 Å². The van der Waals surface area contributed by atoms with E-state index < -0.39 is 85.4 Å². The lowest BCUT2D eigenvalue weighted by Gasteiger charge is -2.32. The molecule has 0 radical (unpaired) electrons. The summed E-state index contributed by atoms with van der Waals surface area (Å²) in [7, 11) is -4.95. The van der Waals surface area contributed by atoms with Crippen LogP contribution in [0.2, 0.25) is 0 Å². The minimum absolute atomic E-state index is 0.0701. The number of ether oxygens (including phenoxy) is 2. The first kappa shape index (κ1) is 33.3. The molecule has 5 rings (SSSR count). The third-order valence-corrected chi connectivity index (χ3v) is 8.66. The van der Waals surface area contributed by atoms with E-state index in [9.17, 15) is 28.0 Å². The fourth-order valence-electron chi connectivity index (χ4n) is 4.82. The number of carbonyl (C=O) groups is 1. The number of aromatic nitrogens is 4. The molecule has 2 aromatic carbocycles. The standard InChI is InChI=1S/C27H29F4N6O8P/c1-13(2)43-21(39)14(3)36-46(41,45-17-10-6-8-15-7-4-5-9-16(15)17)42-11-26(23(28)29)22(40)27(30,31)24(44-26)37-12-33-18-19(37)34-25(32)35-20(18)38/h4-10,12-14,22-24,40H,11H2,1-3H3,(H,36,41)(H3,32,34,35,38). The maximum absolute atomic E-state index is 15.6. The largest absolute Gasteiger partial charge is 0.462 e. The van der Waals surface area contributed by atoms with Gasteiger partial charge in [0.2, 0.25) is 12.2 Å². The van der Waals surface area contributed by atoms with Crippen molar-refractivity contribution >= 4 is 41.6 Å². The van der Waals surface area contributed by atoms with E-state index >= 15 is 8.78 Å². The van der Waals surface area contributed by atoms with E-state index in [-0.39, 0.29) is 5.75 Å². The van der Waals surface area contributed by atoms with Crippen LogP contribution in [0.3, 0.4) is 0 Å². The van der Waals surface area contributed by atoms with Gasteiger partial charge in [-0.25, -0.2) is 18.3 Å². The van der Waals surface area contributed by atoms with Crippen molar-refractivity contribution in [2.24, 2.45) is 0 Å². The monoisotopic (exact) mass is 672 g/mol. The van der Waals surface area contributed by atoms with E-state index in [0.29, 0.717) is 21.7 Å². The molecule has 0 aliphatic carbocycles. The van der Waals surface area contributed by atoms with Gasteiger partial charge < -0.3 is 24.8 Å². The van der Waals surface area contributed by atoms with Crippen molar-refractivity contribution in [3.63, 3.8) is 0 Å². The number of nitrogen functional groups attached to an aromatic ring is 1. The molecule has 0 saturated carbocycles. The van der Waals surface area contributed by atoms with Crippen LogP contribution in [0, 0.1) is 0 Å². The number of nitrogens with two attached hydrogens (primary N) is 1. The second-order valence-electron chi connectivity index (χ2n) is 10.8. The van der Waals surface area contributed by atoms with Gasteiger partial charge >= 0.3 is 19.6 Å². The van der Waals surface area contributed by atoms with E-state index in [0.717, 1.165) is 0 Å². The van der Waals surface area contributed by atoms with Crippen molar-refractivity contribution in [2.45, 2.75) is 63.2 Å². The quantitative estimate of drug-likeness (QED) is 0.103. The Bertz CT molecular complexity index is 1870. The molecular formula is C27H29F4N6O8P. The molecule has 1 aliphatic heterocycles. The van der Waals surface area contributed by atoms with Crippen molar-refractivity contribution in [1.29, 1.82) is 0 Å². The number of alkyl halides is 4. The number of benzene rings is 2. The summed E-state index contributed by atoms with van der Waals surface area (Å²) < 4.78 is 96.5. The Kier molecular flexibility index (Phi) is 8.87. The molecule has 46 heavy (non-hydrogen) atoms. The highest BCUT2D eigenvalue weighted by molar-refractivity contribution is 7.52. The van der Waals surface area contributed by atoms with E-state index in [2.05, 4.69) is 20.0 Å². The first-order valence-corrected chi connectivity index (χ1v) is 15.3. The van der Waals surface area contributed by atoms with Crippen molar-refractivity contribution in [3.8, 4) is 5.75 Å². The Hall–Kier alpha value is -4.09. The molecule has 0 spiro atoms. The first-order valence-electron chi connectivity index (χ1n) is 13.7. The number of hydrogen-bond donors (Lipinski definition) is 4. The molecule has 4 aromatic rings. The van der Waals surface area contributed by atoms with Gasteiger partial charge in [-0.1, -0.05) is 36.4 Å². The number of nitrogens with one attached hydrogen (secondary N) is 2. The van der Waals surface area contributed by atoms with Gasteiger partial charge in [-0.05, 0) is 32.2 Å². The SMILES string of the molecule is CC(C)OC(=O)C(C)NP(=O)(OCC1(C(F)F)OC(n2cnc3c(=O)[nH]c(N)nc32)C(F)(F)C1O)Oc1cccc2ccccc12. The number of H-pyrrole nitrogens is 1. The number of aromatic amines is 1. The van der Waals surface area contributed by atoms with E-state index in [1.807, 2.05) is 0 Å². The fourth-order valence-corrected chi connectivity index (χ4v) is 6.37. The van der Waals surface area contributed by atoms with Gasteiger partial charge in [-0.2, -0.15) is 18.9 Å². The molecule has 5 N–H and O–H groups in total. The van der Waals surface area contributed by atoms with Gasteiger partial charge in [-0.15, -0.1) is 0 Å². The van der Waals surface area contributed by atoms with Crippen molar-refractivity contribution in [3.05, 3.63) is 59.1 Å². The van der Waals surface area contributed by atoms with Crippen LogP contribution in [0.4, 0.5) is 23.5 Å². The number of esters is 1. The Labute approximate surface area is 257 Å². The average molecular weight is 673 g/mol. The van der Waals surface area contributed by atoms with Crippen LogP contribution in [0.15, 0.2) is 53.6 Å². The molecule has 5 atom stereocenters. The maximum Gasteiger partial charge on any atom is 0.459 e. The van der Waals surface area contributed by atoms with E-state index in [1.165, 1.54) is 19.1 Å². The van der Waals surface area contributed by atoms with Crippen LogP contribution >= 0.6 is 7.75 Å². The fraction of sp³-hybridized carbons (Fsp3) is 0.407. The maximum atomic E-state index is 15.6. The predicted molar refractivity (Wildman–Crippen MR) is 154 cm³/mol. The van der Waals surface area contributed by atoms with Gasteiger partial charge in [0.25, 0.3) is 12.0 Å². The predicted octanol–water partition coefficient (Wildman–Crippen LogP) is 3.52. The van der Waals surface area contributed by atoms with Gasteiger partial charge in [0, 0.05) is 5.39 Å². The summed E-state index contributed by atoms with van der Waals surface area (Å²) in [5.74, 6) is -5.96. The van der Waals surface area contributed by atoms with Crippen molar-refractivity contribution in [2.75, 3.05) is 12.3 Å². The van der Waals surface area contributed by atoms with Crippen LogP contribution in [-0.2, 0) is 23.4 Å². The number of carbonyl (C=O) groups excluding carboxylic acids is 1. The molecule has 0 amide bonds. The zero-order valence-corrected chi connectivity index (χ0v) is 25.3. The third-order valence-electron chi connectivity index (χ3n) is 7.05. The smallest absolute Gasteiger partial charge is 0.459 e. The number of halogens is 4. The number of anilines is 1. The van der Waals surface area contributed by atoms with Crippen LogP contribution < -0.4 is 20.9 Å². The number of aliphatic hydroxyl groups is 1. The molecule has 0 bridgehead atoms. The van der Waals surface area contributed by atoms with Crippen LogP contribution in [-0.4, -0.2) is 73.4 Å². The highest BCUT2D eigenvalue weighted by Gasteiger charge is 2.71. The Morgan fingerprint density at radius 1 is 1.22 bits per heavy atom. The second kappa shape index (κ2) is 12.3. The van der Waals surface area contributed by atoms with Gasteiger partial charge in [0.1, 0.15) is 11.8 Å². The lowest BCUT2D eigenvalue weighted by atomic mass is 9.96. The number of fused-ring (bicyclic) bond motifs is 2. The van der Waals surface area contributed by atoms with Crippen molar-refractivity contribution in [1.82, 2.24) is 24.6 Å². The van der Waals surface area contributed by atoms with Gasteiger partial charge in [-0.3, -0.25) is 23.7 Å². The summed E-state index contributed by atoms with van der Waals surface area (Å²) in [6.07, 6.45) is -9.75. The molecule has 1 fully saturated rings. The molecule has 1 saturated heterocycles. The first-order chi connectivity index (χ1) is 21.6. The van der Waals surface area contributed by atoms with Gasteiger partial charge in [0.15, 0.2) is 22.9 Å². The Morgan fingerprint density at radius 2 is 1.91 bits per heavy atom. The Balaban J connectivity index is 1.51. The summed E-state index contributed by atoms with van der Waals surface area (Å²) in [6, 6.07) is 9.88. The highest BCUT2D eigenvalue weighted by atomic mass is 31.2. The molecule has 2 aromatic heterocycles. The number of hydrogen-bond acceptors (Lipinski definition) is 11. The molecule has 1 aliphatic rings. The normalized spacial score (nSPS) is 23.2. The summed E-state index contributed by atoms with van der Waals surface area (Å²) in [6.45, 7) is 2.70. The molecule has 248 valence electrons. The number of rotatable bonds is 11. The number of imidazole rings is 1. The summed E-state index contributed by atoms with van der Waals surface area (Å²) in [5, 5.41) is 14.0. The van der Waals surface area contributed by atoms with Crippen molar-refractivity contribution < 1.29 is 50.5 Å². The summed E-state index contributed by atoms with van der Waals surface area (Å²) in [4.78, 5) is 34.3. The molecule has 14 nitrogen and oxygen atoms in total. The third kappa shape index (κ3) is 6.05. The van der Waals surface area contributed by atoms with Gasteiger partial charge in [0.05, 0.1) is 19.0 Å². The van der Waals surface area contributed by atoms with E-state index in [4.69, 9.17) is 24.3 Å². The molecule has 3 heterocycles. The zero-order chi connectivity index (χ0) is 33.6. The zero-order valence-electron chi connectivity index (χ0n) is 24.4. The summed E-state index contributed by atoms with van der Waals surface area (Å²) >= 11 is 0. The number of aliphatic hydroxyl groups excluding tert-OH is 1. The topological polar surface area (TPSA) is 193 Å². The molecule has 5 unspecified atom stereocenters. The lowest BCUT2D eigenvalue weighted by Crippen LogP contribution is -2.54.